The van der Waals surface area contributed by atoms with Crippen LogP contribution in [0.3, 0.4) is 0 Å². The fraction of sp³-hybridized carbons (Fsp3) is 0.462. The zero-order valence-electron chi connectivity index (χ0n) is 11.5. The Labute approximate surface area is 113 Å². The van der Waals surface area contributed by atoms with E-state index >= 15 is 0 Å². The molecule has 0 aromatic heterocycles. The second kappa shape index (κ2) is 5.30. The molecule has 0 heterocycles. The topological polar surface area (TPSA) is 83.5 Å². The average molecular weight is 285 g/mol. The van der Waals surface area contributed by atoms with Gasteiger partial charge in [0.15, 0.2) is 0 Å². The van der Waals surface area contributed by atoms with Crippen LogP contribution in [0.25, 0.3) is 0 Å². The molecule has 0 amide bonds. The van der Waals surface area contributed by atoms with E-state index in [0.717, 1.165) is 0 Å². The summed E-state index contributed by atoms with van der Waals surface area (Å²) in [5, 5.41) is 8.77. The van der Waals surface area contributed by atoms with Gasteiger partial charge in [-0.05, 0) is 36.6 Å². The molecule has 1 aromatic rings. The first-order valence-electron chi connectivity index (χ1n) is 5.90. The normalized spacial score (nSPS) is 14.1. The summed E-state index contributed by atoms with van der Waals surface area (Å²) in [6.45, 7) is 7.61. The van der Waals surface area contributed by atoms with Gasteiger partial charge in [0.25, 0.3) is 0 Å². The molecule has 1 aromatic carbocycles. The maximum absolute atomic E-state index is 12.1. The van der Waals surface area contributed by atoms with Gasteiger partial charge in [0, 0.05) is 6.04 Å². The van der Waals surface area contributed by atoms with Crippen LogP contribution in [-0.2, 0) is 10.0 Å². The summed E-state index contributed by atoms with van der Waals surface area (Å²) in [6, 6.07) is 4.90. The van der Waals surface area contributed by atoms with Crippen LogP contribution < -0.4 is 4.72 Å². The molecule has 2 N–H and O–H groups in total. The molecule has 0 spiro atoms. The number of benzene rings is 1. The van der Waals surface area contributed by atoms with E-state index in [1.54, 1.807) is 6.92 Å². The molecule has 19 heavy (non-hydrogen) atoms. The van der Waals surface area contributed by atoms with Gasteiger partial charge in [0.05, 0.1) is 10.5 Å². The predicted octanol–water partition coefficient (Wildman–Crippen LogP) is 2.10. The second-order valence-electron chi connectivity index (χ2n) is 5.54. The summed E-state index contributed by atoms with van der Waals surface area (Å²) in [5.74, 6) is -1.08. The van der Waals surface area contributed by atoms with Crippen molar-refractivity contribution in [3.05, 3.63) is 29.8 Å². The number of sulfonamides is 1. The molecule has 0 aliphatic rings. The van der Waals surface area contributed by atoms with E-state index in [9.17, 15) is 13.2 Å². The second-order valence-corrected chi connectivity index (χ2v) is 7.25. The number of carbonyl (C=O) groups is 1. The van der Waals surface area contributed by atoms with Crippen LogP contribution in [0.4, 0.5) is 0 Å². The Kier molecular flexibility index (Phi) is 4.37. The smallest absolute Gasteiger partial charge is 0.335 e. The summed E-state index contributed by atoms with van der Waals surface area (Å²) in [4.78, 5) is 10.8. The van der Waals surface area contributed by atoms with E-state index in [0.29, 0.717) is 0 Å². The molecule has 0 aliphatic carbocycles. The molecule has 6 heteroatoms. The standard InChI is InChI=1S/C13H19NO4S/c1-9(13(2,3)4)14-19(17,18)11-7-5-10(6-8-11)12(15)16/h5-9,14H,1-4H3,(H,15,16). The highest BCUT2D eigenvalue weighted by Gasteiger charge is 2.25. The molecule has 106 valence electrons. The lowest BCUT2D eigenvalue weighted by Crippen LogP contribution is -2.41. The van der Waals surface area contributed by atoms with E-state index in [4.69, 9.17) is 5.11 Å². The SMILES string of the molecule is CC(NS(=O)(=O)c1ccc(C(=O)O)cc1)C(C)(C)C. The molecule has 0 fully saturated rings. The van der Waals surface area contributed by atoms with E-state index in [1.165, 1.54) is 24.3 Å². The van der Waals surface area contributed by atoms with Gasteiger partial charge in [-0.1, -0.05) is 20.8 Å². The molecule has 1 unspecified atom stereocenters. The van der Waals surface area contributed by atoms with Crippen LogP contribution in [0.15, 0.2) is 29.2 Å². The number of hydrogen-bond donors (Lipinski definition) is 2. The number of carboxylic acids is 1. The first-order chi connectivity index (χ1) is 8.54. The lowest BCUT2D eigenvalue weighted by Gasteiger charge is -2.27. The van der Waals surface area contributed by atoms with Crippen molar-refractivity contribution in [3.8, 4) is 0 Å². The minimum atomic E-state index is -3.63. The highest BCUT2D eigenvalue weighted by Crippen LogP contribution is 2.21. The Balaban J connectivity index is 2.98. The van der Waals surface area contributed by atoms with Gasteiger partial charge in [-0.2, -0.15) is 0 Å². The molecule has 0 aliphatic heterocycles. The fourth-order valence-corrected chi connectivity index (χ4v) is 2.70. The number of rotatable bonds is 4. The Morgan fingerprint density at radius 3 is 2.05 bits per heavy atom. The van der Waals surface area contributed by atoms with Crippen molar-refractivity contribution in [2.75, 3.05) is 0 Å². The largest absolute Gasteiger partial charge is 0.478 e. The van der Waals surface area contributed by atoms with Crippen molar-refractivity contribution in [1.82, 2.24) is 4.72 Å². The minimum Gasteiger partial charge on any atom is -0.478 e. The molecular weight excluding hydrogens is 266 g/mol. The number of aromatic carboxylic acids is 1. The predicted molar refractivity (Wildman–Crippen MR) is 72.6 cm³/mol. The quantitative estimate of drug-likeness (QED) is 0.887. The van der Waals surface area contributed by atoms with Gasteiger partial charge in [-0.25, -0.2) is 17.9 Å². The zero-order valence-corrected chi connectivity index (χ0v) is 12.3. The van der Waals surface area contributed by atoms with Crippen LogP contribution in [0.2, 0.25) is 0 Å². The number of nitrogens with one attached hydrogen (secondary N) is 1. The van der Waals surface area contributed by atoms with E-state index in [-0.39, 0.29) is 21.9 Å². The first kappa shape index (κ1) is 15.7. The van der Waals surface area contributed by atoms with E-state index in [1.807, 2.05) is 20.8 Å². The van der Waals surface area contributed by atoms with Gasteiger partial charge in [0.1, 0.15) is 0 Å². The third-order valence-electron chi connectivity index (χ3n) is 3.04. The van der Waals surface area contributed by atoms with Crippen molar-refractivity contribution in [2.24, 2.45) is 5.41 Å². The highest BCUT2D eigenvalue weighted by molar-refractivity contribution is 7.89. The van der Waals surface area contributed by atoms with Crippen LogP contribution >= 0.6 is 0 Å². The number of carboxylic acid groups (broad SMARTS) is 1. The molecular formula is C13H19NO4S. The summed E-state index contributed by atoms with van der Waals surface area (Å²) >= 11 is 0. The van der Waals surface area contributed by atoms with Crippen molar-refractivity contribution in [2.45, 2.75) is 38.6 Å². The third-order valence-corrected chi connectivity index (χ3v) is 4.60. The Bertz CT molecular complexity index is 555. The Morgan fingerprint density at radius 2 is 1.68 bits per heavy atom. The van der Waals surface area contributed by atoms with Crippen LogP contribution in [0, 0.1) is 5.41 Å². The molecule has 1 atom stereocenters. The summed E-state index contributed by atoms with van der Waals surface area (Å²) in [5.41, 5.74) is -0.142. The van der Waals surface area contributed by atoms with Crippen molar-refractivity contribution in [3.63, 3.8) is 0 Å². The van der Waals surface area contributed by atoms with Gasteiger partial charge in [-0.3, -0.25) is 0 Å². The van der Waals surface area contributed by atoms with E-state index < -0.39 is 16.0 Å². The minimum absolute atomic E-state index is 0.0582. The van der Waals surface area contributed by atoms with Gasteiger partial charge in [-0.15, -0.1) is 0 Å². The molecule has 0 saturated heterocycles. The van der Waals surface area contributed by atoms with Crippen molar-refractivity contribution in [1.29, 1.82) is 0 Å². The molecule has 0 bridgehead atoms. The highest BCUT2D eigenvalue weighted by atomic mass is 32.2. The number of hydrogen-bond acceptors (Lipinski definition) is 3. The van der Waals surface area contributed by atoms with Crippen LogP contribution in [-0.4, -0.2) is 25.5 Å². The first-order valence-corrected chi connectivity index (χ1v) is 7.38. The monoisotopic (exact) mass is 285 g/mol. The fourth-order valence-electron chi connectivity index (χ4n) is 1.25. The van der Waals surface area contributed by atoms with Crippen LogP contribution in [0.5, 0.6) is 0 Å². The maximum Gasteiger partial charge on any atom is 0.335 e. The Morgan fingerprint density at radius 1 is 1.21 bits per heavy atom. The van der Waals surface area contributed by atoms with Gasteiger partial charge in [0.2, 0.25) is 10.0 Å². The summed E-state index contributed by atoms with van der Waals surface area (Å²) in [6.07, 6.45) is 0. The Hall–Kier alpha value is -1.40. The summed E-state index contributed by atoms with van der Waals surface area (Å²) in [7, 11) is -3.63. The lowest BCUT2D eigenvalue weighted by molar-refractivity contribution is 0.0696. The maximum atomic E-state index is 12.1. The van der Waals surface area contributed by atoms with Crippen molar-refractivity contribution < 1.29 is 18.3 Å². The van der Waals surface area contributed by atoms with Crippen molar-refractivity contribution >= 4 is 16.0 Å². The summed E-state index contributed by atoms with van der Waals surface area (Å²) < 4.78 is 26.8. The molecule has 0 radical (unpaired) electrons. The lowest BCUT2D eigenvalue weighted by atomic mass is 9.89. The molecule has 5 nitrogen and oxygen atoms in total. The van der Waals surface area contributed by atoms with E-state index in [2.05, 4.69) is 4.72 Å². The average Bonchev–Trinajstić information content (AvgIpc) is 2.27. The molecule has 1 rings (SSSR count). The van der Waals surface area contributed by atoms with Crippen LogP contribution in [0.1, 0.15) is 38.1 Å². The van der Waals surface area contributed by atoms with Gasteiger partial charge < -0.3 is 5.11 Å². The molecule has 0 saturated carbocycles. The zero-order chi connectivity index (χ0) is 14.8. The third kappa shape index (κ3) is 4.04. The van der Waals surface area contributed by atoms with Gasteiger partial charge >= 0.3 is 5.97 Å².